The molecule has 4 nitrogen and oxygen atoms in total. The van der Waals surface area contributed by atoms with Crippen molar-refractivity contribution < 1.29 is 23.5 Å². The van der Waals surface area contributed by atoms with Crippen LogP contribution in [0.2, 0.25) is 5.02 Å². The summed E-state index contributed by atoms with van der Waals surface area (Å²) in [4.78, 5) is 25.4. The monoisotopic (exact) mass is 444 g/mol. The largest absolute Gasteiger partial charge is 0.427 e. The fourth-order valence-electron chi connectivity index (χ4n) is 4.01. The standard InChI is InChI=1S/C25H26ClFO4/c1-7-15-8-9-16(18-11-10-17(26)13-20(18)27)12-19(15)21-22(29)24(3,4)31-25(5,6)23(21)30-14(2)28/h8-13H,7H2,1-6H3. The maximum atomic E-state index is 14.6. The quantitative estimate of drug-likeness (QED) is 0.531. The van der Waals surface area contributed by atoms with Crippen molar-refractivity contribution in [3.05, 3.63) is 64.1 Å². The van der Waals surface area contributed by atoms with Crippen LogP contribution in [0.3, 0.4) is 0 Å². The Morgan fingerprint density at radius 3 is 2.32 bits per heavy atom. The van der Waals surface area contributed by atoms with Crippen LogP contribution in [0.4, 0.5) is 4.39 Å². The Labute approximate surface area is 187 Å². The van der Waals surface area contributed by atoms with Crippen LogP contribution < -0.4 is 0 Å². The Morgan fingerprint density at radius 2 is 1.74 bits per heavy atom. The summed E-state index contributed by atoms with van der Waals surface area (Å²) in [6.45, 7) is 10.1. The fraction of sp³-hybridized carbons (Fsp3) is 0.360. The average molecular weight is 445 g/mol. The molecule has 0 radical (unpaired) electrons. The molecule has 6 heteroatoms. The van der Waals surface area contributed by atoms with Gasteiger partial charge in [-0.1, -0.05) is 30.7 Å². The van der Waals surface area contributed by atoms with Crippen LogP contribution >= 0.6 is 11.6 Å². The average Bonchev–Trinajstić information content (AvgIpc) is 2.65. The van der Waals surface area contributed by atoms with Gasteiger partial charge in [-0.05, 0) is 75.1 Å². The molecule has 0 N–H and O–H groups in total. The van der Waals surface area contributed by atoms with E-state index < -0.39 is 23.0 Å². The predicted octanol–water partition coefficient (Wildman–Crippen LogP) is 6.14. The summed E-state index contributed by atoms with van der Waals surface area (Å²) in [5.41, 5.74) is 0.552. The summed E-state index contributed by atoms with van der Waals surface area (Å²) < 4.78 is 26.1. The lowest BCUT2D eigenvalue weighted by Gasteiger charge is -2.42. The highest BCUT2D eigenvalue weighted by molar-refractivity contribution is 6.30. The van der Waals surface area contributed by atoms with Crippen LogP contribution in [-0.4, -0.2) is 23.0 Å². The first-order valence-corrected chi connectivity index (χ1v) is 10.5. The zero-order valence-corrected chi connectivity index (χ0v) is 19.3. The summed E-state index contributed by atoms with van der Waals surface area (Å²) >= 11 is 5.90. The van der Waals surface area contributed by atoms with Crippen LogP contribution in [-0.2, 0) is 25.5 Å². The number of rotatable bonds is 4. The van der Waals surface area contributed by atoms with Crippen LogP contribution in [0, 0.1) is 5.82 Å². The van der Waals surface area contributed by atoms with E-state index in [0.717, 1.165) is 5.56 Å². The van der Waals surface area contributed by atoms with Gasteiger partial charge in [0.2, 0.25) is 0 Å². The molecule has 0 atom stereocenters. The summed E-state index contributed by atoms with van der Waals surface area (Å²) in [5, 5.41) is 0.301. The minimum atomic E-state index is -1.13. The lowest BCUT2D eigenvalue weighted by Crippen LogP contribution is -2.50. The second-order valence-electron chi connectivity index (χ2n) is 8.60. The Hall–Kier alpha value is -2.50. The van der Waals surface area contributed by atoms with Gasteiger partial charge in [0.25, 0.3) is 0 Å². The zero-order chi connectivity index (χ0) is 23.1. The first kappa shape index (κ1) is 23.2. The molecule has 1 aliphatic rings. The third kappa shape index (κ3) is 4.43. The third-order valence-corrected chi connectivity index (χ3v) is 5.54. The Bertz CT molecular complexity index is 1100. The van der Waals surface area contributed by atoms with Gasteiger partial charge in [0.15, 0.2) is 11.5 Å². The second kappa shape index (κ2) is 8.21. The van der Waals surface area contributed by atoms with Crippen molar-refractivity contribution in [1.82, 2.24) is 0 Å². The van der Waals surface area contributed by atoms with Gasteiger partial charge in [0, 0.05) is 17.5 Å². The van der Waals surface area contributed by atoms with E-state index in [1.54, 1.807) is 52.0 Å². The summed E-state index contributed by atoms with van der Waals surface area (Å²) in [6.07, 6.45) is 0.630. The summed E-state index contributed by atoms with van der Waals surface area (Å²) in [5.74, 6) is -1.15. The molecule has 0 saturated carbocycles. The maximum absolute atomic E-state index is 14.6. The van der Waals surface area contributed by atoms with Gasteiger partial charge in [0.1, 0.15) is 17.0 Å². The second-order valence-corrected chi connectivity index (χ2v) is 9.04. The number of ether oxygens (including phenoxy) is 2. The van der Waals surface area contributed by atoms with Crippen molar-refractivity contribution in [2.75, 3.05) is 0 Å². The van der Waals surface area contributed by atoms with Gasteiger partial charge >= 0.3 is 5.97 Å². The van der Waals surface area contributed by atoms with Gasteiger partial charge in [-0.2, -0.15) is 0 Å². The molecule has 2 aromatic rings. The van der Waals surface area contributed by atoms with Crippen LogP contribution in [0.15, 0.2) is 42.2 Å². The maximum Gasteiger partial charge on any atom is 0.307 e. The number of hydrogen-bond donors (Lipinski definition) is 0. The molecule has 2 aromatic carbocycles. The highest BCUT2D eigenvalue weighted by atomic mass is 35.5. The van der Waals surface area contributed by atoms with Gasteiger partial charge in [-0.3, -0.25) is 9.59 Å². The minimum Gasteiger partial charge on any atom is -0.427 e. The van der Waals surface area contributed by atoms with Crippen molar-refractivity contribution in [1.29, 1.82) is 0 Å². The number of hydrogen-bond acceptors (Lipinski definition) is 4. The SMILES string of the molecule is CCc1ccc(-c2ccc(Cl)cc2F)cc1C1=C(OC(C)=O)C(C)(C)OC(C)(C)C1=O. The van der Waals surface area contributed by atoms with Crippen LogP contribution in [0.1, 0.15) is 52.7 Å². The number of Topliss-reactive ketones (excluding diaryl/α,β-unsaturated/α-hetero) is 1. The number of halogens is 2. The van der Waals surface area contributed by atoms with Crippen molar-refractivity contribution in [2.24, 2.45) is 0 Å². The molecule has 0 fully saturated rings. The molecule has 164 valence electrons. The number of ketones is 1. The molecule has 0 spiro atoms. The molecule has 0 aliphatic carbocycles. The number of carbonyl (C=O) groups is 2. The van der Waals surface area contributed by atoms with E-state index in [4.69, 9.17) is 21.1 Å². The van der Waals surface area contributed by atoms with E-state index in [1.165, 1.54) is 13.0 Å². The van der Waals surface area contributed by atoms with E-state index in [0.29, 0.717) is 28.1 Å². The van der Waals surface area contributed by atoms with E-state index in [-0.39, 0.29) is 17.1 Å². The molecule has 1 heterocycles. The highest BCUT2D eigenvalue weighted by Gasteiger charge is 2.48. The first-order valence-electron chi connectivity index (χ1n) is 10.1. The van der Waals surface area contributed by atoms with E-state index in [2.05, 4.69) is 0 Å². The lowest BCUT2D eigenvalue weighted by molar-refractivity contribution is -0.165. The summed E-state index contributed by atoms with van der Waals surface area (Å²) in [6, 6.07) is 9.89. The molecule has 0 bridgehead atoms. The van der Waals surface area contributed by atoms with Crippen molar-refractivity contribution in [3.63, 3.8) is 0 Å². The minimum absolute atomic E-state index is 0.160. The summed E-state index contributed by atoms with van der Waals surface area (Å²) in [7, 11) is 0. The number of esters is 1. The Balaban J connectivity index is 2.34. The van der Waals surface area contributed by atoms with Crippen molar-refractivity contribution in [2.45, 2.75) is 59.2 Å². The van der Waals surface area contributed by atoms with E-state index in [1.807, 2.05) is 13.0 Å². The molecule has 0 aromatic heterocycles. The molecule has 1 aliphatic heterocycles. The number of carbonyl (C=O) groups excluding carboxylic acids is 2. The van der Waals surface area contributed by atoms with E-state index in [9.17, 15) is 14.0 Å². The van der Waals surface area contributed by atoms with Gasteiger partial charge in [-0.15, -0.1) is 0 Å². The number of aryl methyl sites for hydroxylation is 1. The Morgan fingerprint density at radius 1 is 1.06 bits per heavy atom. The molecule has 0 unspecified atom stereocenters. The van der Waals surface area contributed by atoms with Gasteiger partial charge in [-0.25, -0.2) is 4.39 Å². The molecular weight excluding hydrogens is 419 g/mol. The molecule has 3 rings (SSSR count). The van der Waals surface area contributed by atoms with Crippen LogP contribution in [0.5, 0.6) is 0 Å². The molecule has 0 amide bonds. The highest BCUT2D eigenvalue weighted by Crippen LogP contribution is 2.43. The zero-order valence-electron chi connectivity index (χ0n) is 18.6. The van der Waals surface area contributed by atoms with Crippen molar-refractivity contribution >= 4 is 28.9 Å². The predicted molar refractivity (Wildman–Crippen MR) is 119 cm³/mol. The first-order chi connectivity index (χ1) is 14.4. The third-order valence-electron chi connectivity index (χ3n) is 5.31. The topological polar surface area (TPSA) is 52.6 Å². The molecule has 31 heavy (non-hydrogen) atoms. The molecule has 0 saturated heterocycles. The normalized spacial score (nSPS) is 17.6. The lowest BCUT2D eigenvalue weighted by atomic mass is 9.80. The Kier molecular flexibility index (Phi) is 6.14. The van der Waals surface area contributed by atoms with Crippen LogP contribution in [0.25, 0.3) is 16.7 Å². The number of benzene rings is 2. The van der Waals surface area contributed by atoms with Gasteiger partial charge in [0.05, 0.1) is 5.57 Å². The van der Waals surface area contributed by atoms with Crippen molar-refractivity contribution in [3.8, 4) is 11.1 Å². The van der Waals surface area contributed by atoms with Gasteiger partial charge < -0.3 is 9.47 Å². The van der Waals surface area contributed by atoms with E-state index >= 15 is 0 Å². The molecular formula is C25H26ClFO4. The smallest absolute Gasteiger partial charge is 0.307 e. The fourth-order valence-corrected chi connectivity index (χ4v) is 4.17.